The van der Waals surface area contributed by atoms with Crippen molar-refractivity contribution in [2.45, 2.75) is 0 Å². The van der Waals surface area contributed by atoms with Crippen molar-refractivity contribution in [2.24, 2.45) is 0 Å². The van der Waals surface area contributed by atoms with E-state index in [0.29, 0.717) is 5.88 Å². The molecule has 2 N–H and O–H groups in total. The van der Waals surface area contributed by atoms with Crippen molar-refractivity contribution < 1.29 is 9.53 Å². The Labute approximate surface area is 143 Å². The van der Waals surface area contributed by atoms with E-state index < -0.39 is 0 Å². The molecule has 0 fully saturated rings. The van der Waals surface area contributed by atoms with Crippen LogP contribution >= 0.6 is 0 Å². The summed E-state index contributed by atoms with van der Waals surface area (Å²) >= 11 is 0. The van der Waals surface area contributed by atoms with Crippen LogP contribution in [0.2, 0.25) is 0 Å². The standard InChI is InChI=1S/C18H15N5O2/c1-19-16(24)10-25-17-5-2-11(8-21-17)14-4-3-12-13-9-20-7-6-15(13)23-18(12)22-14/h2-9H,10H2,1H3,(H,19,24)(H,22,23). The number of aromatic amines is 1. The summed E-state index contributed by atoms with van der Waals surface area (Å²) in [6, 6.07) is 9.49. The zero-order chi connectivity index (χ0) is 17.2. The van der Waals surface area contributed by atoms with Crippen LogP contribution in [0.3, 0.4) is 0 Å². The SMILES string of the molecule is CNC(=O)COc1ccc(-c2ccc3c(n2)[nH]c2ccncc23)cn1. The van der Waals surface area contributed by atoms with Gasteiger partial charge in [-0.05, 0) is 24.3 Å². The molecule has 0 bridgehead atoms. The molecule has 0 atom stereocenters. The first-order valence-corrected chi connectivity index (χ1v) is 7.77. The second-order valence-electron chi connectivity index (χ2n) is 5.49. The Kier molecular flexibility index (Phi) is 3.74. The third-order valence-electron chi connectivity index (χ3n) is 3.92. The van der Waals surface area contributed by atoms with Crippen LogP contribution in [0.4, 0.5) is 0 Å². The average Bonchev–Trinajstić information content (AvgIpc) is 3.04. The van der Waals surface area contributed by atoms with E-state index in [4.69, 9.17) is 4.74 Å². The van der Waals surface area contributed by atoms with Gasteiger partial charge in [0.2, 0.25) is 5.88 Å². The normalized spacial score (nSPS) is 10.9. The monoisotopic (exact) mass is 333 g/mol. The van der Waals surface area contributed by atoms with Gasteiger partial charge in [-0.3, -0.25) is 9.78 Å². The van der Waals surface area contributed by atoms with Gasteiger partial charge in [-0.2, -0.15) is 0 Å². The zero-order valence-electron chi connectivity index (χ0n) is 13.5. The summed E-state index contributed by atoms with van der Waals surface area (Å²) < 4.78 is 5.30. The fraction of sp³-hybridized carbons (Fsp3) is 0.111. The molecule has 124 valence electrons. The lowest BCUT2D eigenvalue weighted by molar-refractivity contribution is -0.122. The Balaban J connectivity index is 1.62. The maximum Gasteiger partial charge on any atom is 0.257 e. The summed E-state index contributed by atoms with van der Waals surface area (Å²) in [7, 11) is 1.56. The number of carbonyl (C=O) groups excluding carboxylic acids is 1. The smallest absolute Gasteiger partial charge is 0.257 e. The van der Waals surface area contributed by atoms with Crippen LogP contribution in [-0.2, 0) is 4.79 Å². The van der Waals surface area contributed by atoms with Crippen LogP contribution in [-0.4, -0.2) is 39.5 Å². The molecule has 1 amide bonds. The fourth-order valence-corrected chi connectivity index (χ4v) is 2.61. The molecule has 0 saturated carbocycles. The minimum absolute atomic E-state index is 0.0594. The Morgan fingerprint density at radius 3 is 2.88 bits per heavy atom. The molecule has 7 heteroatoms. The number of ether oxygens (including phenoxy) is 1. The number of nitrogens with zero attached hydrogens (tertiary/aromatic N) is 3. The van der Waals surface area contributed by atoms with Crippen LogP contribution < -0.4 is 10.1 Å². The number of nitrogens with one attached hydrogen (secondary N) is 2. The molecule has 4 rings (SSSR count). The Bertz CT molecular complexity index is 1060. The van der Waals surface area contributed by atoms with Crippen molar-refractivity contribution in [3.05, 3.63) is 48.9 Å². The summed E-state index contributed by atoms with van der Waals surface area (Å²) in [5, 5.41) is 4.57. The summed E-state index contributed by atoms with van der Waals surface area (Å²) in [5.41, 5.74) is 3.48. The van der Waals surface area contributed by atoms with Gasteiger partial charge in [0.25, 0.3) is 5.91 Å². The van der Waals surface area contributed by atoms with Crippen molar-refractivity contribution in [3.8, 4) is 17.1 Å². The highest BCUT2D eigenvalue weighted by Crippen LogP contribution is 2.26. The number of pyridine rings is 3. The van der Waals surface area contributed by atoms with Crippen molar-refractivity contribution >= 4 is 27.8 Å². The molecule has 0 aliphatic carbocycles. The molecule has 4 aromatic rings. The molecule has 0 spiro atoms. The van der Waals surface area contributed by atoms with Gasteiger partial charge in [-0.15, -0.1) is 0 Å². The molecule has 0 aliphatic heterocycles. The Morgan fingerprint density at radius 1 is 1.16 bits per heavy atom. The largest absolute Gasteiger partial charge is 0.468 e. The molecular formula is C18H15N5O2. The Hall–Kier alpha value is -3.48. The molecule has 7 nitrogen and oxygen atoms in total. The summed E-state index contributed by atoms with van der Waals surface area (Å²) in [4.78, 5) is 27.5. The van der Waals surface area contributed by atoms with Gasteiger partial charge >= 0.3 is 0 Å². The molecule has 0 aliphatic rings. The van der Waals surface area contributed by atoms with Crippen LogP contribution in [0.1, 0.15) is 0 Å². The number of hydrogen-bond acceptors (Lipinski definition) is 5. The quantitative estimate of drug-likeness (QED) is 0.598. The van der Waals surface area contributed by atoms with E-state index in [1.807, 2.05) is 30.5 Å². The first kappa shape index (κ1) is 15.1. The van der Waals surface area contributed by atoms with E-state index >= 15 is 0 Å². The third-order valence-corrected chi connectivity index (χ3v) is 3.92. The molecule has 4 heterocycles. The molecule has 4 aromatic heterocycles. The maximum absolute atomic E-state index is 11.2. The lowest BCUT2D eigenvalue weighted by Crippen LogP contribution is -2.25. The average molecular weight is 333 g/mol. The van der Waals surface area contributed by atoms with Crippen LogP contribution in [0.5, 0.6) is 5.88 Å². The van der Waals surface area contributed by atoms with Crippen molar-refractivity contribution in [2.75, 3.05) is 13.7 Å². The number of amides is 1. The number of hydrogen-bond donors (Lipinski definition) is 2. The Morgan fingerprint density at radius 2 is 2.08 bits per heavy atom. The highest BCUT2D eigenvalue weighted by Gasteiger charge is 2.08. The molecule has 0 saturated heterocycles. The summed E-state index contributed by atoms with van der Waals surface area (Å²) in [5.74, 6) is 0.191. The fourth-order valence-electron chi connectivity index (χ4n) is 2.61. The number of rotatable bonds is 4. The van der Waals surface area contributed by atoms with Gasteiger partial charge in [0.1, 0.15) is 5.65 Å². The van der Waals surface area contributed by atoms with Crippen LogP contribution in [0.25, 0.3) is 33.2 Å². The highest BCUT2D eigenvalue weighted by atomic mass is 16.5. The van der Waals surface area contributed by atoms with E-state index in [0.717, 1.165) is 33.2 Å². The summed E-state index contributed by atoms with van der Waals surface area (Å²) in [6.07, 6.45) is 5.26. The van der Waals surface area contributed by atoms with E-state index in [1.165, 1.54) is 0 Å². The van der Waals surface area contributed by atoms with Crippen molar-refractivity contribution in [3.63, 3.8) is 0 Å². The third kappa shape index (κ3) is 2.87. The molecule has 25 heavy (non-hydrogen) atoms. The van der Waals surface area contributed by atoms with Gasteiger partial charge in [0.15, 0.2) is 6.61 Å². The highest BCUT2D eigenvalue weighted by molar-refractivity contribution is 6.05. The number of fused-ring (bicyclic) bond motifs is 3. The minimum Gasteiger partial charge on any atom is -0.468 e. The van der Waals surface area contributed by atoms with Gasteiger partial charge in [-0.25, -0.2) is 9.97 Å². The second kappa shape index (κ2) is 6.20. The molecule has 0 unspecified atom stereocenters. The van der Waals surface area contributed by atoms with Crippen molar-refractivity contribution in [1.82, 2.24) is 25.3 Å². The van der Waals surface area contributed by atoms with Crippen LogP contribution in [0.15, 0.2) is 48.9 Å². The minimum atomic E-state index is -0.203. The lowest BCUT2D eigenvalue weighted by Gasteiger charge is -2.05. The van der Waals surface area contributed by atoms with Gasteiger partial charge in [-0.1, -0.05) is 0 Å². The second-order valence-corrected chi connectivity index (χ2v) is 5.49. The van der Waals surface area contributed by atoms with Gasteiger partial charge in [0, 0.05) is 48.0 Å². The maximum atomic E-state index is 11.2. The van der Waals surface area contributed by atoms with E-state index in [-0.39, 0.29) is 12.5 Å². The zero-order valence-corrected chi connectivity index (χ0v) is 13.5. The number of aromatic nitrogens is 4. The van der Waals surface area contributed by atoms with E-state index in [2.05, 4.69) is 25.3 Å². The van der Waals surface area contributed by atoms with E-state index in [1.54, 1.807) is 25.5 Å². The lowest BCUT2D eigenvalue weighted by atomic mass is 10.1. The predicted octanol–water partition coefficient (Wildman–Crippen LogP) is 2.30. The predicted molar refractivity (Wildman–Crippen MR) is 94.2 cm³/mol. The first-order valence-electron chi connectivity index (χ1n) is 7.77. The summed E-state index contributed by atoms with van der Waals surface area (Å²) in [6.45, 7) is -0.0594. The molecular weight excluding hydrogens is 318 g/mol. The molecule has 0 aromatic carbocycles. The topological polar surface area (TPSA) is 92.8 Å². The van der Waals surface area contributed by atoms with Gasteiger partial charge < -0.3 is 15.0 Å². The first-order chi connectivity index (χ1) is 12.2. The van der Waals surface area contributed by atoms with Crippen LogP contribution in [0, 0.1) is 0 Å². The number of carbonyl (C=O) groups is 1. The number of likely N-dealkylation sites (N-methyl/N-ethyl adjacent to an activating group) is 1. The van der Waals surface area contributed by atoms with E-state index in [9.17, 15) is 4.79 Å². The molecule has 0 radical (unpaired) electrons. The van der Waals surface area contributed by atoms with Gasteiger partial charge in [0.05, 0.1) is 11.2 Å². The number of H-pyrrole nitrogens is 1. The van der Waals surface area contributed by atoms with Crippen molar-refractivity contribution in [1.29, 1.82) is 0 Å².